The molecule has 2 aromatic heterocycles. The number of halogens is 1. The molecule has 16 heavy (non-hydrogen) atoms. The fourth-order valence-electron chi connectivity index (χ4n) is 2.01. The van der Waals surface area contributed by atoms with E-state index in [0.29, 0.717) is 16.7 Å². The van der Waals surface area contributed by atoms with Gasteiger partial charge in [-0.25, -0.2) is 4.39 Å². The summed E-state index contributed by atoms with van der Waals surface area (Å²) in [6.07, 6.45) is 0.751. The molecule has 0 amide bonds. The van der Waals surface area contributed by atoms with Gasteiger partial charge in [-0.05, 0) is 12.1 Å². The van der Waals surface area contributed by atoms with Gasteiger partial charge in [0.05, 0.1) is 11.2 Å². The molecule has 0 radical (unpaired) electrons. The summed E-state index contributed by atoms with van der Waals surface area (Å²) in [5.41, 5.74) is 2.03. The zero-order valence-electron chi connectivity index (χ0n) is 8.53. The second-order valence-corrected chi connectivity index (χ2v) is 3.68. The van der Waals surface area contributed by atoms with Gasteiger partial charge in [-0.1, -0.05) is 6.07 Å². The van der Waals surface area contributed by atoms with Crippen molar-refractivity contribution in [1.82, 2.24) is 4.57 Å². The molecule has 0 aliphatic rings. The second-order valence-electron chi connectivity index (χ2n) is 3.68. The number of carbonyl (C=O) groups excluding carboxylic acids is 1. The van der Waals surface area contributed by atoms with Gasteiger partial charge >= 0.3 is 0 Å². The van der Waals surface area contributed by atoms with Crippen molar-refractivity contribution in [3.05, 3.63) is 35.8 Å². The highest BCUT2D eigenvalue weighted by Gasteiger charge is 2.15. The maximum absolute atomic E-state index is 13.4. The van der Waals surface area contributed by atoms with Crippen LogP contribution in [0.25, 0.3) is 22.1 Å². The van der Waals surface area contributed by atoms with Crippen molar-refractivity contribution >= 4 is 28.4 Å². The number of aromatic nitrogens is 1. The first kappa shape index (κ1) is 9.15. The molecule has 0 saturated carbocycles. The number of fused-ring (bicyclic) bond motifs is 3. The highest BCUT2D eigenvalue weighted by atomic mass is 19.1. The smallest absolute Gasteiger partial charge is 0.172 e. The SMILES string of the molecule is Cn1c(C=O)cc2oc3c(F)cccc3c21. The van der Waals surface area contributed by atoms with Crippen LogP contribution in [0.1, 0.15) is 10.5 Å². The zero-order valence-corrected chi connectivity index (χ0v) is 8.53. The minimum atomic E-state index is -0.388. The Morgan fingerprint density at radius 1 is 1.44 bits per heavy atom. The molecule has 0 saturated heterocycles. The summed E-state index contributed by atoms with van der Waals surface area (Å²) >= 11 is 0. The number of hydrogen-bond donors (Lipinski definition) is 0. The number of benzene rings is 1. The Kier molecular flexibility index (Phi) is 1.68. The summed E-state index contributed by atoms with van der Waals surface area (Å²) in [5, 5.41) is 0.686. The topological polar surface area (TPSA) is 35.1 Å². The molecule has 3 rings (SSSR count). The van der Waals surface area contributed by atoms with E-state index in [4.69, 9.17) is 4.42 Å². The largest absolute Gasteiger partial charge is 0.451 e. The molecule has 1 aromatic carbocycles. The van der Waals surface area contributed by atoms with Gasteiger partial charge in [-0.15, -0.1) is 0 Å². The van der Waals surface area contributed by atoms with E-state index < -0.39 is 0 Å². The standard InChI is InChI=1S/C12H8FNO2/c1-14-7(6-15)5-10-11(14)8-3-2-4-9(13)12(8)16-10/h2-6H,1H3. The average Bonchev–Trinajstić information content (AvgIpc) is 2.77. The van der Waals surface area contributed by atoms with Gasteiger partial charge in [0.25, 0.3) is 0 Å². The zero-order chi connectivity index (χ0) is 11.3. The third-order valence-corrected chi connectivity index (χ3v) is 2.79. The lowest BCUT2D eigenvalue weighted by atomic mass is 10.2. The Labute approximate surface area is 90.1 Å². The number of carbonyl (C=O) groups is 1. The quantitative estimate of drug-likeness (QED) is 0.587. The average molecular weight is 217 g/mol. The lowest BCUT2D eigenvalue weighted by Gasteiger charge is -1.96. The summed E-state index contributed by atoms with van der Waals surface area (Å²) < 4.78 is 20.5. The lowest BCUT2D eigenvalue weighted by molar-refractivity contribution is 0.111. The Morgan fingerprint density at radius 2 is 2.25 bits per heavy atom. The number of para-hydroxylation sites is 1. The lowest BCUT2D eigenvalue weighted by Crippen LogP contribution is -1.93. The number of aryl methyl sites for hydroxylation is 1. The summed E-state index contributed by atoms with van der Waals surface area (Å²) in [6, 6.07) is 6.37. The van der Waals surface area contributed by atoms with E-state index in [-0.39, 0.29) is 11.4 Å². The van der Waals surface area contributed by atoms with Crippen LogP contribution in [0, 0.1) is 5.82 Å². The molecular weight excluding hydrogens is 209 g/mol. The van der Waals surface area contributed by atoms with Crippen LogP contribution in [0.4, 0.5) is 4.39 Å². The molecule has 3 nitrogen and oxygen atoms in total. The molecule has 0 aliphatic heterocycles. The molecule has 0 fully saturated rings. The normalized spacial score (nSPS) is 11.4. The molecule has 2 heterocycles. The molecule has 80 valence electrons. The molecule has 4 heteroatoms. The summed E-state index contributed by atoms with van der Waals surface area (Å²) in [6.45, 7) is 0. The minimum Gasteiger partial charge on any atom is -0.451 e. The first-order valence-electron chi connectivity index (χ1n) is 4.84. The molecule has 0 aliphatic carbocycles. The second kappa shape index (κ2) is 2.95. The van der Waals surface area contributed by atoms with Crippen molar-refractivity contribution in [3.63, 3.8) is 0 Å². The van der Waals surface area contributed by atoms with E-state index in [2.05, 4.69) is 0 Å². The van der Waals surface area contributed by atoms with Gasteiger partial charge < -0.3 is 8.98 Å². The van der Waals surface area contributed by atoms with E-state index >= 15 is 0 Å². The molecule has 3 aromatic rings. The minimum absolute atomic E-state index is 0.237. The maximum atomic E-state index is 13.4. The number of hydrogen-bond acceptors (Lipinski definition) is 2. The van der Waals surface area contributed by atoms with Gasteiger partial charge in [0.15, 0.2) is 23.3 Å². The van der Waals surface area contributed by atoms with Crippen LogP contribution in [0.3, 0.4) is 0 Å². The summed E-state index contributed by atoms with van der Waals surface area (Å²) in [7, 11) is 1.76. The Hall–Kier alpha value is -2.10. The van der Waals surface area contributed by atoms with E-state index in [1.54, 1.807) is 29.8 Å². The third-order valence-electron chi connectivity index (χ3n) is 2.79. The van der Waals surface area contributed by atoms with Crippen molar-refractivity contribution in [2.75, 3.05) is 0 Å². The summed E-state index contributed by atoms with van der Waals surface area (Å²) in [5.74, 6) is -0.388. The molecule has 0 bridgehead atoms. The van der Waals surface area contributed by atoms with Crippen LogP contribution in [0.5, 0.6) is 0 Å². The third kappa shape index (κ3) is 0.984. The van der Waals surface area contributed by atoms with Crippen molar-refractivity contribution in [1.29, 1.82) is 0 Å². The van der Waals surface area contributed by atoms with Gasteiger partial charge in [-0.2, -0.15) is 0 Å². The molecular formula is C12H8FNO2. The highest BCUT2D eigenvalue weighted by molar-refractivity contribution is 6.05. The number of nitrogens with zero attached hydrogens (tertiary/aromatic N) is 1. The van der Waals surface area contributed by atoms with Crippen LogP contribution in [0.15, 0.2) is 28.7 Å². The van der Waals surface area contributed by atoms with Gasteiger partial charge in [0.2, 0.25) is 0 Å². The molecule has 0 spiro atoms. The number of rotatable bonds is 1. The molecule has 0 atom stereocenters. The van der Waals surface area contributed by atoms with Gasteiger partial charge in [-0.3, -0.25) is 4.79 Å². The Morgan fingerprint density at radius 3 is 3.00 bits per heavy atom. The number of aldehydes is 1. The number of furan rings is 1. The first-order chi connectivity index (χ1) is 7.72. The van der Waals surface area contributed by atoms with Crippen LogP contribution in [-0.4, -0.2) is 10.9 Å². The van der Waals surface area contributed by atoms with Crippen LogP contribution < -0.4 is 0 Å². The van der Waals surface area contributed by atoms with Crippen molar-refractivity contribution in [2.45, 2.75) is 0 Å². The van der Waals surface area contributed by atoms with Gasteiger partial charge in [0, 0.05) is 18.5 Å². The highest BCUT2D eigenvalue weighted by Crippen LogP contribution is 2.31. The summed E-state index contributed by atoms with van der Waals surface area (Å²) in [4.78, 5) is 10.8. The van der Waals surface area contributed by atoms with Crippen molar-refractivity contribution < 1.29 is 13.6 Å². The van der Waals surface area contributed by atoms with Gasteiger partial charge in [0.1, 0.15) is 0 Å². The van der Waals surface area contributed by atoms with E-state index in [9.17, 15) is 9.18 Å². The van der Waals surface area contributed by atoms with E-state index in [0.717, 1.165) is 11.8 Å². The fraction of sp³-hybridized carbons (Fsp3) is 0.0833. The molecule has 0 unspecified atom stereocenters. The van der Waals surface area contributed by atoms with Crippen LogP contribution in [0.2, 0.25) is 0 Å². The van der Waals surface area contributed by atoms with Crippen LogP contribution in [-0.2, 0) is 7.05 Å². The Bertz CT molecular complexity index is 709. The first-order valence-corrected chi connectivity index (χ1v) is 4.84. The Balaban J connectivity index is 2.56. The maximum Gasteiger partial charge on any atom is 0.172 e. The van der Waals surface area contributed by atoms with E-state index in [1.807, 2.05) is 0 Å². The van der Waals surface area contributed by atoms with E-state index in [1.165, 1.54) is 6.07 Å². The molecule has 0 N–H and O–H groups in total. The van der Waals surface area contributed by atoms with Crippen molar-refractivity contribution in [2.24, 2.45) is 7.05 Å². The van der Waals surface area contributed by atoms with Crippen molar-refractivity contribution in [3.8, 4) is 0 Å². The van der Waals surface area contributed by atoms with Crippen LogP contribution >= 0.6 is 0 Å². The fourth-order valence-corrected chi connectivity index (χ4v) is 2.01. The monoisotopic (exact) mass is 217 g/mol. The predicted molar refractivity (Wildman–Crippen MR) is 58.0 cm³/mol. The predicted octanol–water partition coefficient (Wildman–Crippen LogP) is 2.88.